The van der Waals surface area contributed by atoms with E-state index >= 15 is 0 Å². The number of nitrogens with one attached hydrogen (secondary N) is 1. The number of carbonyl (C=O) groups is 2. The van der Waals surface area contributed by atoms with Crippen molar-refractivity contribution in [1.82, 2.24) is 10.3 Å². The second-order valence-corrected chi connectivity index (χ2v) is 9.18. The van der Waals surface area contributed by atoms with Crippen LogP contribution in [0.3, 0.4) is 0 Å². The van der Waals surface area contributed by atoms with Crippen molar-refractivity contribution in [3.8, 4) is 0 Å². The van der Waals surface area contributed by atoms with Crippen LogP contribution in [-0.2, 0) is 22.4 Å². The first kappa shape index (κ1) is 22.8. The molecule has 1 aliphatic carbocycles. The van der Waals surface area contributed by atoms with E-state index in [9.17, 15) is 9.59 Å². The Balaban J connectivity index is 1.37. The SMILES string of the molecule is CC1CCc2nc3ccccc3c(C(=O)OCC(=O)NC(c3ccccc3)c3ccccc3)c2C1. The topological polar surface area (TPSA) is 68.3 Å². The fraction of sp³-hybridized carbons (Fsp3) is 0.233. The second kappa shape index (κ2) is 10.1. The summed E-state index contributed by atoms with van der Waals surface area (Å²) in [5, 5.41) is 3.81. The molecule has 0 bridgehead atoms. The molecule has 5 heteroatoms. The largest absolute Gasteiger partial charge is 0.452 e. The molecule has 1 aliphatic rings. The van der Waals surface area contributed by atoms with Crippen LogP contribution in [0.2, 0.25) is 0 Å². The molecule has 0 saturated heterocycles. The monoisotopic (exact) mass is 464 g/mol. The summed E-state index contributed by atoms with van der Waals surface area (Å²) in [5.41, 5.74) is 5.17. The van der Waals surface area contributed by atoms with E-state index < -0.39 is 5.97 Å². The molecule has 1 heterocycles. The maximum atomic E-state index is 13.3. The first-order valence-electron chi connectivity index (χ1n) is 12.1. The molecule has 1 N–H and O–H groups in total. The van der Waals surface area contributed by atoms with Crippen molar-refractivity contribution in [2.45, 2.75) is 32.2 Å². The number of ether oxygens (including phenoxy) is 1. The number of amides is 1. The zero-order valence-electron chi connectivity index (χ0n) is 19.7. The van der Waals surface area contributed by atoms with Crippen molar-refractivity contribution >= 4 is 22.8 Å². The highest BCUT2D eigenvalue weighted by molar-refractivity contribution is 6.05. The van der Waals surface area contributed by atoms with Gasteiger partial charge in [-0.2, -0.15) is 0 Å². The highest BCUT2D eigenvalue weighted by atomic mass is 16.5. The van der Waals surface area contributed by atoms with Gasteiger partial charge in [-0.25, -0.2) is 4.79 Å². The van der Waals surface area contributed by atoms with Crippen LogP contribution in [0.5, 0.6) is 0 Å². The summed E-state index contributed by atoms with van der Waals surface area (Å²) < 4.78 is 5.59. The van der Waals surface area contributed by atoms with Gasteiger partial charge in [0.2, 0.25) is 0 Å². The molecular weight excluding hydrogens is 436 g/mol. The van der Waals surface area contributed by atoms with Gasteiger partial charge in [-0.1, -0.05) is 85.8 Å². The van der Waals surface area contributed by atoms with Gasteiger partial charge in [0, 0.05) is 11.1 Å². The number of aryl methyl sites for hydroxylation is 1. The Labute approximate surface area is 205 Å². The summed E-state index contributed by atoms with van der Waals surface area (Å²) in [6.45, 7) is 1.84. The van der Waals surface area contributed by atoms with Gasteiger partial charge in [0.05, 0.1) is 17.1 Å². The predicted octanol–water partition coefficient (Wildman–Crippen LogP) is 5.42. The summed E-state index contributed by atoms with van der Waals surface area (Å²) in [6, 6.07) is 26.8. The van der Waals surface area contributed by atoms with E-state index in [-0.39, 0.29) is 18.6 Å². The van der Waals surface area contributed by atoms with Crippen molar-refractivity contribution in [1.29, 1.82) is 0 Å². The molecule has 1 aromatic heterocycles. The van der Waals surface area contributed by atoms with E-state index in [0.29, 0.717) is 11.5 Å². The standard InChI is InChI=1S/C30H28N2O3/c1-20-16-17-26-24(18-20)28(23-14-8-9-15-25(23)31-26)30(34)35-19-27(33)32-29(21-10-4-2-5-11-21)22-12-6-3-7-13-22/h2-15,20,29H,16-19H2,1H3,(H,32,33). The number of esters is 1. The number of hydrogen-bond acceptors (Lipinski definition) is 4. The molecule has 5 nitrogen and oxygen atoms in total. The zero-order chi connectivity index (χ0) is 24.2. The van der Waals surface area contributed by atoms with Crippen LogP contribution < -0.4 is 5.32 Å². The number of nitrogens with zero attached hydrogens (tertiary/aromatic N) is 1. The Kier molecular flexibility index (Phi) is 6.57. The Morgan fingerprint density at radius 3 is 2.26 bits per heavy atom. The number of benzene rings is 3. The Morgan fingerprint density at radius 2 is 1.57 bits per heavy atom. The number of rotatable bonds is 6. The average Bonchev–Trinajstić information content (AvgIpc) is 2.90. The van der Waals surface area contributed by atoms with Crippen LogP contribution in [0, 0.1) is 5.92 Å². The highest BCUT2D eigenvalue weighted by Crippen LogP contribution is 2.32. The van der Waals surface area contributed by atoms with Gasteiger partial charge >= 0.3 is 5.97 Å². The van der Waals surface area contributed by atoms with Gasteiger partial charge in [-0.15, -0.1) is 0 Å². The number of fused-ring (bicyclic) bond motifs is 2. The number of aromatic nitrogens is 1. The molecule has 3 aromatic carbocycles. The minimum Gasteiger partial charge on any atom is -0.452 e. The Bertz CT molecular complexity index is 1310. The molecule has 0 aliphatic heterocycles. The molecule has 4 aromatic rings. The van der Waals surface area contributed by atoms with Crippen LogP contribution in [0.15, 0.2) is 84.9 Å². The molecule has 176 valence electrons. The van der Waals surface area contributed by atoms with Gasteiger partial charge in [0.25, 0.3) is 5.91 Å². The van der Waals surface area contributed by atoms with Crippen LogP contribution in [-0.4, -0.2) is 23.5 Å². The second-order valence-electron chi connectivity index (χ2n) is 9.18. The van der Waals surface area contributed by atoms with E-state index in [1.54, 1.807) is 0 Å². The first-order chi connectivity index (χ1) is 17.1. The quantitative estimate of drug-likeness (QED) is 0.387. The lowest BCUT2D eigenvalue weighted by molar-refractivity contribution is -0.124. The molecule has 1 amide bonds. The van der Waals surface area contributed by atoms with Gasteiger partial charge in [-0.3, -0.25) is 9.78 Å². The minimum atomic E-state index is -0.472. The number of pyridine rings is 1. The molecule has 0 saturated carbocycles. The summed E-state index contributed by atoms with van der Waals surface area (Å²) in [7, 11) is 0. The predicted molar refractivity (Wildman–Crippen MR) is 136 cm³/mol. The molecule has 1 atom stereocenters. The van der Waals surface area contributed by atoms with Crippen molar-refractivity contribution in [2.24, 2.45) is 5.92 Å². The molecule has 0 radical (unpaired) electrons. The van der Waals surface area contributed by atoms with E-state index in [1.165, 1.54) is 0 Å². The lowest BCUT2D eigenvalue weighted by Crippen LogP contribution is -2.33. The van der Waals surface area contributed by atoms with Crippen LogP contribution >= 0.6 is 0 Å². The van der Waals surface area contributed by atoms with Crippen LogP contribution in [0.25, 0.3) is 10.9 Å². The summed E-state index contributed by atoms with van der Waals surface area (Å²) in [5.74, 6) is -0.352. The Morgan fingerprint density at radius 1 is 0.943 bits per heavy atom. The van der Waals surface area contributed by atoms with Crippen molar-refractivity contribution in [3.63, 3.8) is 0 Å². The minimum absolute atomic E-state index is 0.334. The smallest absolute Gasteiger partial charge is 0.339 e. The maximum Gasteiger partial charge on any atom is 0.339 e. The first-order valence-corrected chi connectivity index (χ1v) is 12.1. The summed E-state index contributed by atoms with van der Waals surface area (Å²) in [4.78, 5) is 31.1. The highest BCUT2D eigenvalue weighted by Gasteiger charge is 2.27. The van der Waals surface area contributed by atoms with Gasteiger partial charge in [-0.05, 0) is 47.9 Å². The van der Waals surface area contributed by atoms with E-state index in [2.05, 4.69) is 12.2 Å². The molecule has 35 heavy (non-hydrogen) atoms. The number of para-hydroxylation sites is 1. The van der Waals surface area contributed by atoms with E-state index in [0.717, 1.165) is 52.5 Å². The lowest BCUT2D eigenvalue weighted by atomic mass is 9.84. The van der Waals surface area contributed by atoms with Gasteiger partial charge in [0.1, 0.15) is 0 Å². The number of hydrogen-bond donors (Lipinski definition) is 1. The number of carbonyl (C=O) groups excluding carboxylic acids is 2. The molecule has 0 fully saturated rings. The van der Waals surface area contributed by atoms with Gasteiger partial charge < -0.3 is 10.1 Å². The van der Waals surface area contributed by atoms with Crippen LogP contribution in [0.4, 0.5) is 0 Å². The fourth-order valence-corrected chi connectivity index (χ4v) is 4.85. The van der Waals surface area contributed by atoms with Crippen molar-refractivity contribution < 1.29 is 14.3 Å². The normalized spacial score (nSPS) is 15.0. The zero-order valence-corrected chi connectivity index (χ0v) is 19.7. The molecule has 0 spiro atoms. The summed E-state index contributed by atoms with van der Waals surface area (Å²) in [6.07, 6.45) is 2.68. The molecule has 5 rings (SSSR count). The third-order valence-electron chi connectivity index (χ3n) is 6.62. The lowest BCUT2D eigenvalue weighted by Gasteiger charge is -2.24. The molecule has 1 unspecified atom stereocenters. The van der Waals surface area contributed by atoms with Crippen LogP contribution in [0.1, 0.15) is 52.1 Å². The third kappa shape index (κ3) is 4.94. The average molecular weight is 465 g/mol. The van der Waals surface area contributed by atoms with E-state index in [1.807, 2.05) is 84.9 Å². The maximum absolute atomic E-state index is 13.3. The Hall–Kier alpha value is -3.99. The van der Waals surface area contributed by atoms with Crippen molar-refractivity contribution in [2.75, 3.05) is 6.61 Å². The van der Waals surface area contributed by atoms with Crippen molar-refractivity contribution in [3.05, 3.63) is 113 Å². The van der Waals surface area contributed by atoms with E-state index in [4.69, 9.17) is 9.72 Å². The summed E-state index contributed by atoms with van der Waals surface area (Å²) >= 11 is 0. The van der Waals surface area contributed by atoms with Gasteiger partial charge in [0.15, 0.2) is 6.61 Å². The molecular formula is C30H28N2O3. The third-order valence-corrected chi connectivity index (χ3v) is 6.62. The fourth-order valence-electron chi connectivity index (χ4n) is 4.85.